The number of nitrogens with zero attached hydrogens (tertiary/aromatic N) is 2. The summed E-state index contributed by atoms with van der Waals surface area (Å²) in [7, 11) is 3.88. The summed E-state index contributed by atoms with van der Waals surface area (Å²) in [6.07, 6.45) is 3.81. The van der Waals surface area contributed by atoms with Crippen LogP contribution in [0.25, 0.3) is 0 Å². The fourth-order valence-corrected chi connectivity index (χ4v) is 0.985. The maximum absolute atomic E-state index is 11.4. The van der Waals surface area contributed by atoms with Crippen molar-refractivity contribution < 1.29 is 4.79 Å². The molecule has 0 atom stereocenters. The minimum atomic E-state index is 0.0201. The molecule has 0 radical (unpaired) electrons. The Kier molecular flexibility index (Phi) is 4.07. The largest absolute Gasteiger partial charge is 0.325 e. The number of anilines is 1. The van der Waals surface area contributed by atoms with Gasteiger partial charge in [-0.15, -0.1) is 0 Å². The zero-order chi connectivity index (χ0) is 10.4. The fraction of sp³-hybridized carbons (Fsp3) is 0.400. The molecule has 1 aromatic rings. The number of amides is 1. The Morgan fingerprint density at radius 1 is 1.57 bits per heavy atom. The van der Waals surface area contributed by atoms with Crippen LogP contribution >= 0.6 is 0 Å². The quantitative estimate of drug-likeness (QED) is 0.775. The lowest BCUT2D eigenvalue weighted by Crippen LogP contribution is -2.20. The van der Waals surface area contributed by atoms with E-state index in [4.69, 9.17) is 0 Å². The number of rotatable bonds is 4. The van der Waals surface area contributed by atoms with Gasteiger partial charge in [0.2, 0.25) is 5.91 Å². The Morgan fingerprint density at radius 3 is 2.93 bits per heavy atom. The molecule has 0 aromatic carbocycles. The molecule has 0 aliphatic rings. The Hall–Kier alpha value is -1.42. The maximum atomic E-state index is 11.4. The van der Waals surface area contributed by atoms with Crippen molar-refractivity contribution in [3.05, 3.63) is 24.5 Å². The fourth-order valence-electron chi connectivity index (χ4n) is 0.985. The summed E-state index contributed by atoms with van der Waals surface area (Å²) in [4.78, 5) is 17.2. The number of pyridine rings is 1. The van der Waals surface area contributed by atoms with Crippen LogP contribution in [0.3, 0.4) is 0 Å². The summed E-state index contributed by atoms with van der Waals surface area (Å²) < 4.78 is 0. The Balaban J connectivity index is 2.35. The van der Waals surface area contributed by atoms with Crippen LogP contribution in [0.15, 0.2) is 24.5 Å². The molecule has 0 saturated carbocycles. The summed E-state index contributed by atoms with van der Waals surface area (Å²) in [6, 6.07) is 3.61. The van der Waals surface area contributed by atoms with Gasteiger partial charge in [0, 0.05) is 19.2 Å². The summed E-state index contributed by atoms with van der Waals surface area (Å²) in [6.45, 7) is 0.756. The third kappa shape index (κ3) is 4.00. The van der Waals surface area contributed by atoms with E-state index < -0.39 is 0 Å². The van der Waals surface area contributed by atoms with Crippen LogP contribution in [-0.4, -0.2) is 36.4 Å². The molecule has 0 bridgehead atoms. The molecule has 0 spiro atoms. The molecule has 76 valence electrons. The normalized spacial score (nSPS) is 10.2. The zero-order valence-corrected chi connectivity index (χ0v) is 8.53. The van der Waals surface area contributed by atoms with E-state index in [9.17, 15) is 4.79 Å². The Bertz CT molecular complexity index is 285. The molecule has 4 nitrogen and oxygen atoms in total. The van der Waals surface area contributed by atoms with Crippen LogP contribution in [0.4, 0.5) is 5.69 Å². The third-order valence-electron chi connectivity index (χ3n) is 1.73. The number of hydrogen-bond donors (Lipinski definition) is 1. The van der Waals surface area contributed by atoms with Gasteiger partial charge < -0.3 is 10.2 Å². The lowest BCUT2D eigenvalue weighted by molar-refractivity contribution is -0.116. The number of hydrogen-bond acceptors (Lipinski definition) is 3. The first kappa shape index (κ1) is 10.7. The van der Waals surface area contributed by atoms with E-state index in [-0.39, 0.29) is 5.91 Å². The second-order valence-electron chi connectivity index (χ2n) is 3.34. The van der Waals surface area contributed by atoms with Gasteiger partial charge in [0.1, 0.15) is 0 Å². The van der Waals surface area contributed by atoms with Crippen molar-refractivity contribution in [3.8, 4) is 0 Å². The van der Waals surface area contributed by atoms with E-state index >= 15 is 0 Å². The van der Waals surface area contributed by atoms with E-state index in [1.807, 2.05) is 25.1 Å². The smallest absolute Gasteiger partial charge is 0.225 e. The molecule has 1 N–H and O–H groups in total. The van der Waals surface area contributed by atoms with Gasteiger partial charge in [-0.25, -0.2) is 0 Å². The predicted molar refractivity (Wildman–Crippen MR) is 56.0 cm³/mol. The van der Waals surface area contributed by atoms with Crippen molar-refractivity contribution >= 4 is 11.6 Å². The standard InChI is InChI=1S/C10H15N3O/c1-13(2)7-5-10(14)12-9-4-3-6-11-8-9/h3-4,6,8H,5,7H2,1-2H3,(H,12,14). The van der Waals surface area contributed by atoms with Gasteiger partial charge in [0.15, 0.2) is 0 Å². The van der Waals surface area contributed by atoms with Crippen molar-refractivity contribution in [2.24, 2.45) is 0 Å². The van der Waals surface area contributed by atoms with Gasteiger partial charge >= 0.3 is 0 Å². The minimum Gasteiger partial charge on any atom is -0.325 e. The first-order chi connectivity index (χ1) is 6.68. The number of carbonyl (C=O) groups excluding carboxylic acids is 1. The molecule has 1 aromatic heterocycles. The van der Waals surface area contributed by atoms with Crippen LogP contribution < -0.4 is 5.32 Å². The second-order valence-corrected chi connectivity index (χ2v) is 3.34. The minimum absolute atomic E-state index is 0.0201. The monoisotopic (exact) mass is 193 g/mol. The zero-order valence-electron chi connectivity index (χ0n) is 8.53. The molecule has 0 saturated heterocycles. The first-order valence-electron chi connectivity index (χ1n) is 4.53. The molecular weight excluding hydrogens is 178 g/mol. The summed E-state index contributed by atoms with van der Waals surface area (Å²) in [5, 5.41) is 2.77. The molecule has 1 heterocycles. The first-order valence-corrected chi connectivity index (χ1v) is 4.53. The molecular formula is C10H15N3O. The van der Waals surface area contributed by atoms with E-state index in [0.717, 1.165) is 12.2 Å². The van der Waals surface area contributed by atoms with Crippen LogP contribution in [0.1, 0.15) is 6.42 Å². The van der Waals surface area contributed by atoms with E-state index in [2.05, 4.69) is 10.3 Å². The average molecular weight is 193 g/mol. The molecule has 1 amide bonds. The van der Waals surface area contributed by atoms with Gasteiger partial charge in [0.25, 0.3) is 0 Å². The van der Waals surface area contributed by atoms with E-state index in [1.165, 1.54) is 0 Å². The second kappa shape index (κ2) is 5.34. The highest BCUT2D eigenvalue weighted by atomic mass is 16.1. The molecule has 0 fully saturated rings. The maximum Gasteiger partial charge on any atom is 0.225 e. The lowest BCUT2D eigenvalue weighted by atomic mass is 10.3. The van der Waals surface area contributed by atoms with Gasteiger partial charge in [-0.1, -0.05) is 0 Å². The molecule has 0 unspecified atom stereocenters. The molecule has 0 aliphatic heterocycles. The number of aromatic nitrogens is 1. The summed E-state index contributed by atoms with van der Waals surface area (Å²) in [5.74, 6) is 0.0201. The predicted octanol–water partition coefficient (Wildman–Crippen LogP) is 0.972. The van der Waals surface area contributed by atoms with Crippen molar-refractivity contribution in [2.75, 3.05) is 26.0 Å². The lowest BCUT2D eigenvalue weighted by Gasteiger charge is -2.09. The van der Waals surface area contributed by atoms with Crippen LogP contribution in [-0.2, 0) is 4.79 Å². The highest BCUT2D eigenvalue weighted by Crippen LogP contribution is 2.02. The van der Waals surface area contributed by atoms with Gasteiger partial charge in [-0.2, -0.15) is 0 Å². The van der Waals surface area contributed by atoms with Gasteiger partial charge in [-0.05, 0) is 26.2 Å². The van der Waals surface area contributed by atoms with Gasteiger partial charge in [-0.3, -0.25) is 9.78 Å². The van der Waals surface area contributed by atoms with Crippen molar-refractivity contribution in [1.82, 2.24) is 9.88 Å². The van der Waals surface area contributed by atoms with E-state index in [0.29, 0.717) is 6.42 Å². The molecule has 0 aliphatic carbocycles. The number of carbonyl (C=O) groups is 1. The summed E-state index contributed by atoms with van der Waals surface area (Å²) >= 11 is 0. The Morgan fingerprint density at radius 2 is 2.36 bits per heavy atom. The van der Waals surface area contributed by atoms with Crippen LogP contribution in [0.2, 0.25) is 0 Å². The van der Waals surface area contributed by atoms with E-state index in [1.54, 1.807) is 18.5 Å². The third-order valence-corrected chi connectivity index (χ3v) is 1.73. The van der Waals surface area contributed by atoms with Crippen molar-refractivity contribution in [1.29, 1.82) is 0 Å². The Labute approximate surface area is 83.9 Å². The molecule has 1 rings (SSSR count). The molecule has 4 heteroatoms. The average Bonchev–Trinajstić information content (AvgIpc) is 2.16. The van der Waals surface area contributed by atoms with Gasteiger partial charge in [0.05, 0.1) is 11.9 Å². The molecule has 14 heavy (non-hydrogen) atoms. The van der Waals surface area contributed by atoms with Crippen molar-refractivity contribution in [2.45, 2.75) is 6.42 Å². The summed E-state index contributed by atoms with van der Waals surface area (Å²) in [5.41, 5.74) is 0.747. The van der Waals surface area contributed by atoms with Crippen LogP contribution in [0.5, 0.6) is 0 Å². The van der Waals surface area contributed by atoms with Crippen LogP contribution in [0, 0.1) is 0 Å². The SMILES string of the molecule is CN(C)CCC(=O)Nc1cccnc1. The highest BCUT2D eigenvalue weighted by molar-refractivity contribution is 5.90. The topological polar surface area (TPSA) is 45.2 Å². The number of nitrogens with one attached hydrogen (secondary N) is 1. The van der Waals surface area contributed by atoms with Crippen molar-refractivity contribution in [3.63, 3.8) is 0 Å². The highest BCUT2D eigenvalue weighted by Gasteiger charge is 2.02.